The van der Waals surface area contributed by atoms with Crippen LogP contribution in [0.2, 0.25) is 0 Å². The molecule has 0 saturated carbocycles. The predicted molar refractivity (Wildman–Crippen MR) is 84.1 cm³/mol. The Kier molecular flexibility index (Phi) is 5.21. The predicted octanol–water partition coefficient (Wildman–Crippen LogP) is 1.11. The molecular weight excluding hydrogens is 286 g/mol. The molecule has 0 unspecified atom stereocenters. The van der Waals surface area contributed by atoms with Crippen LogP contribution < -0.4 is 4.90 Å². The van der Waals surface area contributed by atoms with Crippen molar-refractivity contribution in [3.63, 3.8) is 0 Å². The van der Waals surface area contributed by atoms with Crippen LogP contribution in [0.5, 0.6) is 0 Å². The van der Waals surface area contributed by atoms with Gasteiger partial charge in [-0.2, -0.15) is 5.26 Å². The summed E-state index contributed by atoms with van der Waals surface area (Å²) in [6.07, 6.45) is 2.25. The van der Waals surface area contributed by atoms with Crippen molar-refractivity contribution in [2.75, 3.05) is 49.6 Å². The van der Waals surface area contributed by atoms with Crippen molar-refractivity contribution in [3.05, 3.63) is 29.8 Å². The van der Waals surface area contributed by atoms with Gasteiger partial charge in [0.05, 0.1) is 17.0 Å². The Bertz CT molecular complexity index is 622. The van der Waals surface area contributed by atoms with Crippen LogP contribution >= 0.6 is 0 Å². The van der Waals surface area contributed by atoms with Crippen molar-refractivity contribution >= 4 is 15.5 Å². The van der Waals surface area contributed by atoms with Crippen LogP contribution in [0, 0.1) is 11.3 Å². The van der Waals surface area contributed by atoms with Crippen LogP contribution in [0.15, 0.2) is 24.3 Å². The molecule has 0 bridgehead atoms. The summed E-state index contributed by atoms with van der Waals surface area (Å²) in [5, 5.41) is 9.19. The smallest absolute Gasteiger partial charge is 0.148 e. The topological polar surface area (TPSA) is 64.4 Å². The van der Waals surface area contributed by atoms with Crippen molar-refractivity contribution in [2.45, 2.75) is 6.42 Å². The number of para-hydroxylation sites is 1. The molecule has 1 aliphatic heterocycles. The second kappa shape index (κ2) is 6.92. The zero-order valence-corrected chi connectivity index (χ0v) is 13.1. The maximum Gasteiger partial charge on any atom is 0.148 e. The lowest BCUT2D eigenvalue weighted by Gasteiger charge is -2.24. The van der Waals surface area contributed by atoms with Crippen molar-refractivity contribution < 1.29 is 8.42 Å². The van der Waals surface area contributed by atoms with E-state index in [1.807, 2.05) is 24.3 Å². The number of benzene rings is 1. The summed E-state index contributed by atoms with van der Waals surface area (Å²) in [6.45, 7) is 4.04. The summed E-state index contributed by atoms with van der Waals surface area (Å²) in [5.41, 5.74) is 1.67. The lowest BCUT2D eigenvalue weighted by molar-refractivity contribution is 0.310. The van der Waals surface area contributed by atoms with Crippen LogP contribution in [0.3, 0.4) is 0 Å². The van der Waals surface area contributed by atoms with Crippen molar-refractivity contribution in [1.29, 1.82) is 5.26 Å². The van der Waals surface area contributed by atoms with E-state index in [1.165, 1.54) is 6.26 Å². The molecule has 2 rings (SSSR count). The van der Waals surface area contributed by atoms with Crippen LogP contribution in [-0.4, -0.2) is 58.1 Å². The molecule has 6 heteroatoms. The molecule has 0 spiro atoms. The van der Waals surface area contributed by atoms with E-state index in [4.69, 9.17) is 0 Å². The van der Waals surface area contributed by atoms with E-state index >= 15 is 0 Å². The van der Waals surface area contributed by atoms with Crippen molar-refractivity contribution in [3.8, 4) is 6.07 Å². The molecule has 21 heavy (non-hydrogen) atoms. The van der Waals surface area contributed by atoms with Crippen LogP contribution in [0.1, 0.15) is 12.0 Å². The summed E-state index contributed by atoms with van der Waals surface area (Å²) in [7, 11) is -2.91. The largest absolute Gasteiger partial charge is 0.369 e. The number of rotatable bonds is 4. The van der Waals surface area contributed by atoms with Gasteiger partial charge in [-0.05, 0) is 25.1 Å². The lowest BCUT2D eigenvalue weighted by Crippen LogP contribution is -2.33. The van der Waals surface area contributed by atoms with Crippen LogP contribution in [0.4, 0.5) is 5.69 Å². The SMILES string of the molecule is CS(=O)(=O)CCN1CCCN(c2ccccc2C#N)CC1. The quantitative estimate of drug-likeness (QED) is 0.834. The molecule has 1 aliphatic rings. The maximum atomic E-state index is 11.3. The van der Waals surface area contributed by atoms with Gasteiger partial charge in [0.1, 0.15) is 15.9 Å². The third-order valence-electron chi connectivity index (χ3n) is 3.73. The van der Waals surface area contributed by atoms with E-state index in [-0.39, 0.29) is 5.75 Å². The summed E-state index contributed by atoms with van der Waals surface area (Å²) in [4.78, 5) is 4.41. The molecule has 1 heterocycles. The Labute approximate surface area is 126 Å². The summed E-state index contributed by atoms with van der Waals surface area (Å²) < 4.78 is 22.5. The molecule has 5 nitrogen and oxygen atoms in total. The Morgan fingerprint density at radius 2 is 1.95 bits per heavy atom. The standard InChI is InChI=1S/C15H21N3O2S/c1-21(19,20)12-11-17-7-4-8-18(10-9-17)15-6-3-2-5-14(15)13-16/h2-3,5-6H,4,7-12H2,1H3. The Morgan fingerprint density at radius 1 is 1.19 bits per heavy atom. The van der Waals surface area contributed by atoms with E-state index in [0.29, 0.717) is 12.1 Å². The monoisotopic (exact) mass is 307 g/mol. The van der Waals surface area contributed by atoms with Gasteiger partial charge in [0.15, 0.2) is 0 Å². The molecule has 114 valence electrons. The fraction of sp³-hybridized carbons (Fsp3) is 0.533. The van der Waals surface area contributed by atoms with Gasteiger partial charge in [0.25, 0.3) is 0 Å². The first-order valence-corrected chi connectivity index (χ1v) is 9.20. The number of nitriles is 1. The average Bonchev–Trinajstić information content (AvgIpc) is 2.70. The second-order valence-corrected chi connectivity index (χ2v) is 7.70. The van der Waals surface area contributed by atoms with Gasteiger partial charge in [0.2, 0.25) is 0 Å². The molecule has 1 aromatic carbocycles. The first-order valence-electron chi connectivity index (χ1n) is 7.14. The Morgan fingerprint density at radius 3 is 2.67 bits per heavy atom. The minimum absolute atomic E-state index is 0.210. The van der Waals surface area contributed by atoms with Gasteiger partial charge in [-0.15, -0.1) is 0 Å². The highest BCUT2D eigenvalue weighted by atomic mass is 32.2. The first-order chi connectivity index (χ1) is 9.99. The fourth-order valence-electron chi connectivity index (χ4n) is 2.57. The van der Waals surface area contributed by atoms with Crippen molar-refractivity contribution in [1.82, 2.24) is 4.90 Å². The summed E-state index contributed by atoms with van der Waals surface area (Å²) >= 11 is 0. The van der Waals surface area contributed by atoms with Gasteiger partial charge < -0.3 is 9.80 Å². The van der Waals surface area contributed by atoms with E-state index < -0.39 is 9.84 Å². The molecule has 1 fully saturated rings. The number of sulfone groups is 1. The van der Waals surface area contributed by atoms with Crippen molar-refractivity contribution in [2.24, 2.45) is 0 Å². The average molecular weight is 307 g/mol. The van der Waals surface area contributed by atoms with Gasteiger partial charge in [-0.1, -0.05) is 12.1 Å². The molecule has 0 atom stereocenters. The van der Waals surface area contributed by atoms with E-state index in [0.717, 1.165) is 38.3 Å². The third-order valence-corrected chi connectivity index (χ3v) is 4.66. The highest BCUT2D eigenvalue weighted by Crippen LogP contribution is 2.21. The fourth-order valence-corrected chi connectivity index (χ4v) is 3.16. The zero-order valence-electron chi connectivity index (χ0n) is 12.3. The van der Waals surface area contributed by atoms with Crippen LogP contribution in [0.25, 0.3) is 0 Å². The molecule has 0 radical (unpaired) electrons. The Balaban J connectivity index is 1.99. The highest BCUT2D eigenvalue weighted by molar-refractivity contribution is 7.90. The number of nitrogens with zero attached hydrogens (tertiary/aromatic N) is 3. The van der Waals surface area contributed by atoms with Gasteiger partial charge in [-0.3, -0.25) is 0 Å². The molecule has 0 amide bonds. The number of hydrogen-bond acceptors (Lipinski definition) is 5. The molecule has 0 N–H and O–H groups in total. The third kappa shape index (κ3) is 4.73. The lowest BCUT2D eigenvalue weighted by atomic mass is 10.1. The molecule has 1 saturated heterocycles. The Hall–Kier alpha value is -1.58. The summed E-state index contributed by atoms with van der Waals surface area (Å²) in [6, 6.07) is 9.87. The molecule has 0 aliphatic carbocycles. The van der Waals surface area contributed by atoms with Gasteiger partial charge >= 0.3 is 0 Å². The summed E-state index contributed by atoms with van der Waals surface area (Å²) in [5.74, 6) is 0.210. The second-order valence-electron chi connectivity index (χ2n) is 5.44. The zero-order chi connectivity index (χ0) is 15.3. The van der Waals surface area contributed by atoms with Gasteiger partial charge in [-0.25, -0.2) is 8.42 Å². The van der Waals surface area contributed by atoms with Crippen LogP contribution in [-0.2, 0) is 9.84 Å². The minimum Gasteiger partial charge on any atom is -0.369 e. The maximum absolute atomic E-state index is 11.3. The number of hydrogen-bond donors (Lipinski definition) is 0. The van der Waals surface area contributed by atoms with E-state index in [2.05, 4.69) is 15.9 Å². The molecule has 1 aromatic rings. The minimum atomic E-state index is -2.91. The normalized spacial score (nSPS) is 17.2. The first kappa shape index (κ1) is 15.8. The number of anilines is 1. The van der Waals surface area contributed by atoms with E-state index in [1.54, 1.807) is 0 Å². The van der Waals surface area contributed by atoms with E-state index in [9.17, 15) is 13.7 Å². The highest BCUT2D eigenvalue weighted by Gasteiger charge is 2.17. The molecular formula is C15H21N3O2S. The molecule has 0 aromatic heterocycles. The van der Waals surface area contributed by atoms with Gasteiger partial charge in [0, 0.05) is 32.4 Å².